The van der Waals surface area contributed by atoms with Gasteiger partial charge < -0.3 is 9.88 Å². The third kappa shape index (κ3) is 4.26. The zero-order chi connectivity index (χ0) is 19.3. The molecule has 28 heavy (non-hydrogen) atoms. The molecule has 4 aromatic rings. The van der Waals surface area contributed by atoms with E-state index in [4.69, 9.17) is 0 Å². The van der Waals surface area contributed by atoms with E-state index in [1.165, 1.54) is 22.9 Å². The fraction of sp³-hybridized carbons (Fsp3) is 0.130. The van der Waals surface area contributed by atoms with Gasteiger partial charge in [-0.3, -0.25) is 4.79 Å². The Bertz CT molecular complexity index is 1100. The van der Waals surface area contributed by atoms with Crippen LogP contribution in [-0.2, 0) is 11.3 Å². The third-order valence-corrected chi connectivity index (χ3v) is 5.55. The summed E-state index contributed by atoms with van der Waals surface area (Å²) in [5, 5.41) is 6.03. The quantitative estimate of drug-likeness (QED) is 0.467. The summed E-state index contributed by atoms with van der Waals surface area (Å²) in [5.41, 5.74) is 3.30. The molecule has 0 spiro atoms. The van der Waals surface area contributed by atoms with Crippen molar-refractivity contribution in [2.24, 2.45) is 0 Å². The number of aromatic nitrogens is 2. The van der Waals surface area contributed by atoms with Crippen LogP contribution >= 0.6 is 11.8 Å². The van der Waals surface area contributed by atoms with E-state index in [2.05, 4.69) is 46.1 Å². The van der Waals surface area contributed by atoms with E-state index in [0.29, 0.717) is 5.75 Å². The van der Waals surface area contributed by atoms with Crippen LogP contribution in [0.15, 0.2) is 84.3 Å². The lowest BCUT2D eigenvalue weighted by Crippen LogP contribution is -2.15. The smallest absolute Gasteiger partial charge is 0.234 e. The Morgan fingerprint density at radius 1 is 1.04 bits per heavy atom. The summed E-state index contributed by atoms with van der Waals surface area (Å²) >= 11 is 1.45. The normalized spacial score (nSPS) is 10.9. The number of carbonyl (C=O) groups excluding carboxylic acids is 1. The van der Waals surface area contributed by atoms with E-state index >= 15 is 0 Å². The first-order chi connectivity index (χ1) is 13.7. The number of amides is 1. The molecule has 0 bridgehead atoms. The second kappa shape index (κ2) is 8.31. The maximum atomic E-state index is 12.5. The predicted molar refractivity (Wildman–Crippen MR) is 116 cm³/mol. The summed E-state index contributed by atoms with van der Waals surface area (Å²) in [4.78, 5) is 16.9. The van der Waals surface area contributed by atoms with Gasteiger partial charge in [-0.05, 0) is 23.9 Å². The van der Waals surface area contributed by atoms with Crippen molar-refractivity contribution in [1.29, 1.82) is 0 Å². The van der Waals surface area contributed by atoms with Gasteiger partial charge in [-0.25, -0.2) is 4.98 Å². The molecule has 3 aromatic carbocycles. The first-order valence-corrected chi connectivity index (χ1v) is 10.1. The number of anilines is 1. The minimum Gasteiger partial charge on any atom is -0.325 e. The number of aryl methyl sites for hydroxylation is 1. The fourth-order valence-electron chi connectivity index (χ4n) is 3.10. The van der Waals surface area contributed by atoms with Crippen LogP contribution in [0.5, 0.6) is 0 Å². The lowest BCUT2D eigenvalue weighted by molar-refractivity contribution is -0.113. The molecule has 0 aliphatic carbocycles. The highest BCUT2D eigenvalue weighted by molar-refractivity contribution is 7.99. The number of hydrogen-bond acceptors (Lipinski definition) is 3. The topological polar surface area (TPSA) is 46.9 Å². The number of nitrogens with one attached hydrogen (secondary N) is 1. The molecule has 0 saturated carbocycles. The van der Waals surface area contributed by atoms with Crippen LogP contribution in [0, 0.1) is 6.92 Å². The first-order valence-electron chi connectivity index (χ1n) is 9.16. The van der Waals surface area contributed by atoms with E-state index in [9.17, 15) is 4.79 Å². The molecule has 0 aliphatic heterocycles. The molecule has 5 heteroatoms. The second-order valence-electron chi connectivity index (χ2n) is 6.69. The van der Waals surface area contributed by atoms with Crippen molar-refractivity contribution >= 4 is 34.1 Å². The zero-order valence-electron chi connectivity index (χ0n) is 15.6. The van der Waals surface area contributed by atoms with Gasteiger partial charge in [-0.2, -0.15) is 0 Å². The van der Waals surface area contributed by atoms with Crippen LogP contribution < -0.4 is 5.32 Å². The van der Waals surface area contributed by atoms with Gasteiger partial charge in [-0.1, -0.05) is 78.0 Å². The van der Waals surface area contributed by atoms with Gasteiger partial charge in [0.15, 0.2) is 5.16 Å². The average Bonchev–Trinajstić information content (AvgIpc) is 3.15. The number of nitrogens with zero attached hydrogens (tertiary/aromatic N) is 2. The van der Waals surface area contributed by atoms with Crippen LogP contribution in [-0.4, -0.2) is 21.2 Å². The van der Waals surface area contributed by atoms with Crippen molar-refractivity contribution in [3.8, 4) is 0 Å². The van der Waals surface area contributed by atoms with E-state index in [1.54, 1.807) is 6.20 Å². The van der Waals surface area contributed by atoms with Crippen LogP contribution in [0.2, 0.25) is 0 Å². The van der Waals surface area contributed by atoms with Gasteiger partial charge in [0, 0.05) is 30.0 Å². The molecule has 0 saturated heterocycles. The maximum Gasteiger partial charge on any atom is 0.234 e. The highest BCUT2D eigenvalue weighted by atomic mass is 32.2. The molecule has 0 fully saturated rings. The number of rotatable bonds is 6. The van der Waals surface area contributed by atoms with Crippen molar-refractivity contribution in [1.82, 2.24) is 9.55 Å². The zero-order valence-corrected chi connectivity index (χ0v) is 16.4. The molecule has 1 aromatic heterocycles. The Hall–Kier alpha value is -3.05. The molecule has 4 rings (SSSR count). The van der Waals surface area contributed by atoms with Crippen molar-refractivity contribution in [3.63, 3.8) is 0 Å². The SMILES string of the molecule is Cc1ccc(Cn2ccnc2SCC(=O)Nc2cccc3ccccc23)cc1. The molecule has 0 radical (unpaired) electrons. The lowest BCUT2D eigenvalue weighted by atomic mass is 10.1. The molecular formula is C23H21N3OS. The largest absolute Gasteiger partial charge is 0.325 e. The van der Waals surface area contributed by atoms with Gasteiger partial charge >= 0.3 is 0 Å². The molecular weight excluding hydrogens is 366 g/mol. The number of fused-ring (bicyclic) bond motifs is 1. The van der Waals surface area contributed by atoms with Crippen molar-refractivity contribution in [2.75, 3.05) is 11.1 Å². The summed E-state index contributed by atoms with van der Waals surface area (Å²) in [6, 6.07) is 22.4. The summed E-state index contributed by atoms with van der Waals surface area (Å²) in [6.45, 7) is 2.82. The van der Waals surface area contributed by atoms with Crippen molar-refractivity contribution in [2.45, 2.75) is 18.6 Å². The van der Waals surface area contributed by atoms with Gasteiger partial charge in [-0.15, -0.1) is 0 Å². The van der Waals surface area contributed by atoms with Crippen LogP contribution in [0.3, 0.4) is 0 Å². The summed E-state index contributed by atoms with van der Waals surface area (Å²) in [5.74, 6) is 0.278. The highest BCUT2D eigenvalue weighted by Crippen LogP contribution is 2.24. The van der Waals surface area contributed by atoms with Gasteiger partial charge in [0.2, 0.25) is 5.91 Å². The molecule has 1 N–H and O–H groups in total. The molecule has 0 unspecified atom stereocenters. The number of hydrogen-bond donors (Lipinski definition) is 1. The number of thioether (sulfide) groups is 1. The van der Waals surface area contributed by atoms with Gasteiger partial charge in [0.1, 0.15) is 0 Å². The van der Waals surface area contributed by atoms with Gasteiger partial charge in [0.05, 0.1) is 5.75 Å². The Kier molecular flexibility index (Phi) is 5.44. The van der Waals surface area contributed by atoms with E-state index in [1.807, 2.05) is 48.7 Å². The Morgan fingerprint density at radius 2 is 1.82 bits per heavy atom. The van der Waals surface area contributed by atoms with E-state index < -0.39 is 0 Å². The highest BCUT2D eigenvalue weighted by Gasteiger charge is 2.10. The Labute approximate surface area is 168 Å². The summed E-state index contributed by atoms with van der Waals surface area (Å²) < 4.78 is 2.07. The van der Waals surface area contributed by atoms with Crippen molar-refractivity contribution in [3.05, 3.63) is 90.3 Å². The lowest BCUT2D eigenvalue weighted by Gasteiger charge is -2.10. The van der Waals surface area contributed by atoms with Crippen molar-refractivity contribution < 1.29 is 4.79 Å². The predicted octanol–water partition coefficient (Wildman–Crippen LogP) is 5.12. The van der Waals surface area contributed by atoms with E-state index in [0.717, 1.165) is 28.2 Å². The third-order valence-electron chi connectivity index (χ3n) is 4.55. The maximum absolute atomic E-state index is 12.5. The Balaban J connectivity index is 1.40. The van der Waals surface area contributed by atoms with Crippen LogP contribution in [0.25, 0.3) is 10.8 Å². The average molecular weight is 388 g/mol. The summed E-state index contributed by atoms with van der Waals surface area (Å²) in [7, 11) is 0. The molecule has 1 amide bonds. The molecule has 1 heterocycles. The monoisotopic (exact) mass is 387 g/mol. The van der Waals surface area contributed by atoms with Crippen LogP contribution in [0.4, 0.5) is 5.69 Å². The van der Waals surface area contributed by atoms with Gasteiger partial charge in [0.25, 0.3) is 0 Å². The first kappa shape index (κ1) is 18.3. The number of carbonyl (C=O) groups is 1. The molecule has 140 valence electrons. The Morgan fingerprint density at radius 3 is 2.68 bits per heavy atom. The molecule has 4 nitrogen and oxygen atoms in total. The minimum atomic E-state index is -0.0359. The standard InChI is InChI=1S/C23H21N3OS/c1-17-9-11-18(12-10-17)15-26-14-13-24-23(26)28-16-22(27)25-21-8-4-6-19-5-2-3-7-20(19)21/h2-14H,15-16H2,1H3,(H,25,27). The summed E-state index contributed by atoms with van der Waals surface area (Å²) in [6.07, 6.45) is 3.73. The second-order valence-corrected chi connectivity index (χ2v) is 7.63. The fourth-order valence-corrected chi connectivity index (χ4v) is 3.86. The minimum absolute atomic E-state index is 0.0359. The molecule has 0 aliphatic rings. The number of imidazole rings is 1. The van der Waals surface area contributed by atoms with E-state index in [-0.39, 0.29) is 5.91 Å². The number of benzene rings is 3. The molecule has 0 atom stereocenters. The van der Waals surface area contributed by atoms with Crippen LogP contribution in [0.1, 0.15) is 11.1 Å².